The number of carbonyl (C=O) groups is 1. The van der Waals surface area contributed by atoms with E-state index in [1.165, 1.54) is 23.5 Å². The number of nitrogens with zero attached hydrogens (tertiary/aromatic N) is 1. The number of nitrogens with one attached hydrogen (secondary N) is 1. The van der Waals surface area contributed by atoms with Gasteiger partial charge in [-0.3, -0.25) is 9.10 Å². The fourth-order valence-corrected chi connectivity index (χ4v) is 2.94. The lowest BCUT2D eigenvalue weighted by molar-refractivity contribution is 0.0951. The van der Waals surface area contributed by atoms with Crippen LogP contribution in [0.5, 0.6) is 0 Å². The van der Waals surface area contributed by atoms with Gasteiger partial charge in [0.25, 0.3) is 5.91 Å². The van der Waals surface area contributed by atoms with Gasteiger partial charge in [-0.25, -0.2) is 12.8 Å². The molecular weight excluding hydrogens is 331 g/mol. The Hall–Kier alpha value is -2.41. The van der Waals surface area contributed by atoms with Crippen molar-refractivity contribution in [3.8, 4) is 0 Å². The lowest BCUT2D eigenvalue weighted by Crippen LogP contribution is -2.28. The van der Waals surface area contributed by atoms with E-state index in [0.717, 1.165) is 0 Å². The Morgan fingerprint density at radius 1 is 1.17 bits per heavy atom. The molecule has 128 valence electrons. The zero-order valence-electron chi connectivity index (χ0n) is 13.5. The van der Waals surface area contributed by atoms with Crippen LogP contribution >= 0.6 is 0 Å². The number of anilines is 1. The van der Waals surface area contributed by atoms with Crippen LogP contribution in [0.4, 0.5) is 10.1 Å². The second kappa shape index (κ2) is 7.44. The molecule has 0 atom stereocenters. The van der Waals surface area contributed by atoms with Crippen molar-refractivity contribution in [2.75, 3.05) is 17.1 Å². The van der Waals surface area contributed by atoms with Gasteiger partial charge in [-0.2, -0.15) is 0 Å². The van der Waals surface area contributed by atoms with Crippen LogP contribution in [0.15, 0.2) is 48.5 Å². The maximum Gasteiger partial charge on any atom is 0.251 e. The van der Waals surface area contributed by atoms with E-state index in [0.29, 0.717) is 16.8 Å². The zero-order valence-corrected chi connectivity index (χ0v) is 14.3. The molecule has 0 saturated heterocycles. The van der Waals surface area contributed by atoms with E-state index in [1.54, 1.807) is 43.3 Å². The molecule has 0 bridgehead atoms. The quantitative estimate of drug-likeness (QED) is 0.871. The summed E-state index contributed by atoms with van der Waals surface area (Å²) < 4.78 is 37.9. The summed E-state index contributed by atoms with van der Waals surface area (Å²) in [6.45, 7) is 1.78. The number of hydrogen-bond acceptors (Lipinski definition) is 3. The highest BCUT2D eigenvalue weighted by molar-refractivity contribution is 7.92. The third-order valence-corrected chi connectivity index (χ3v) is 5.39. The fourth-order valence-electron chi connectivity index (χ4n) is 2.11. The second-order valence-corrected chi connectivity index (χ2v) is 7.52. The molecule has 24 heavy (non-hydrogen) atoms. The molecule has 7 heteroatoms. The van der Waals surface area contributed by atoms with Gasteiger partial charge in [-0.1, -0.05) is 12.1 Å². The minimum absolute atomic E-state index is 0.000622. The fraction of sp³-hybridized carbons (Fsp3) is 0.235. The Bertz CT molecular complexity index is 820. The minimum atomic E-state index is -3.34. The van der Waals surface area contributed by atoms with Crippen LogP contribution in [0.1, 0.15) is 22.8 Å². The maximum atomic E-state index is 13.1. The van der Waals surface area contributed by atoms with Crippen LogP contribution in [0, 0.1) is 5.82 Å². The van der Waals surface area contributed by atoms with Crippen molar-refractivity contribution in [2.24, 2.45) is 0 Å². The monoisotopic (exact) mass is 350 g/mol. The highest BCUT2D eigenvalue weighted by Crippen LogP contribution is 2.17. The highest BCUT2D eigenvalue weighted by Gasteiger charge is 2.16. The van der Waals surface area contributed by atoms with Gasteiger partial charge in [0.1, 0.15) is 5.82 Å². The van der Waals surface area contributed by atoms with Crippen LogP contribution in [0.25, 0.3) is 0 Å². The molecule has 1 amide bonds. The molecule has 2 rings (SSSR count). The first-order chi connectivity index (χ1) is 11.3. The van der Waals surface area contributed by atoms with Crippen LogP contribution in [0.3, 0.4) is 0 Å². The van der Waals surface area contributed by atoms with Gasteiger partial charge >= 0.3 is 0 Å². The smallest absolute Gasteiger partial charge is 0.251 e. The molecule has 0 aromatic heterocycles. The standard InChI is InChI=1S/C17H19FN2O3S/c1-3-24(22,23)20(2)16-9-7-14(8-10-16)17(21)19-12-13-5-4-6-15(18)11-13/h4-11H,3,12H2,1-2H3,(H,19,21). The van der Waals surface area contributed by atoms with E-state index in [2.05, 4.69) is 5.32 Å². The first-order valence-corrected chi connectivity index (χ1v) is 9.03. The van der Waals surface area contributed by atoms with E-state index in [-0.39, 0.29) is 24.0 Å². The number of rotatable bonds is 6. The van der Waals surface area contributed by atoms with E-state index in [9.17, 15) is 17.6 Å². The topological polar surface area (TPSA) is 66.5 Å². The van der Waals surface area contributed by atoms with Crippen molar-refractivity contribution in [3.63, 3.8) is 0 Å². The SMILES string of the molecule is CCS(=O)(=O)N(C)c1ccc(C(=O)NCc2cccc(F)c2)cc1. The van der Waals surface area contributed by atoms with Crippen LogP contribution < -0.4 is 9.62 Å². The van der Waals surface area contributed by atoms with Crippen molar-refractivity contribution >= 4 is 21.6 Å². The van der Waals surface area contributed by atoms with Gasteiger partial charge < -0.3 is 5.32 Å². The molecular formula is C17H19FN2O3S. The largest absolute Gasteiger partial charge is 0.348 e. The Morgan fingerprint density at radius 2 is 1.83 bits per heavy atom. The van der Waals surface area contributed by atoms with Gasteiger partial charge in [0.05, 0.1) is 11.4 Å². The number of sulfonamides is 1. The Balaban J connectivity index is 2.03. The number of amides is 1. The average molecular weight is 350 g/mol. The molecule has 2 aromatic rings. The molecule has 1 N–H and O–H groups in total. The summed E-state index contributed by atoms with van der Waals surface area (Å²) in [5.74, 6) is -0.669. The maximum absolute atomic E-state index is 13.1. The van der Waals surface area contributed by atoms with E-state index < -0.39 is 10.0 Å². The highest BCUT2D eigenvalue weighted by atomic mass is 32.2. The molecule has 0 aliphatic rings. The average Bonchev–Trinajstić information content (AvgIpc) is 2.59. The van der Waals surface area contributed by atoms with Gasteiger partial charge in [0.2, 0.25) is 10.0 Å². The lowest BCUT2D eigenvalue weighted by atomic mass is 10.1. The summed E-state index contributed by atoms with van der Waals surface area (Å²) in [6.07, 6.45) is 0. The molecule has 2 aromatic carbocycles. The van der Waals surface area contributed by atoms with Crippen molar-refractivity contribution in [3.05, 3.63) is 65.5 Å². The number of halogens is 1. The zero-order chi connectivity index (χ0) is 17.7. The van der Waals surface area contributed by atoms with Gasteiger partial charge in [-0.15, -0.1) is 0 Å². The normalized spacial score (nSPS) is 11.1. The van der Waals surface area contributed by atoms with Crippen molar-refractivity contribution in [1.82, 2.24) is 5.32 Å². The first kappa shape index (κ1) is 17.9. The van der Waals surface area contributed by atoms with Gasteiger partial charge in [0.15, 0.2) is 0 Å². The summed E-state index contributed by atoms with van der Waals surface area (Å²) in [4.78, 5) is 12.1. The van der Waals surface area contributed by atoms with Crippen molar-refractivity contribution in [2.45, 2.75) is 13.5 Å². The Labute approximate surface area is 141 Å². The summed E-state index contributed by atoms with van der Waals surface area (Å²) in [5, 5.41) is 2.70. The molecule has 0 aliphatic heterocycles. The van der Waals surface area contributed by atoms with Crippen LogP contribution in [-0.4, -0.2) is 27.1 Å². The molecule has 0 spiro atoms. The third-order valence-electron chi connectivity index (χ3n) is 3.62. The van der Waals surface area contributed by atoms with E-state index in [4.69, 9.17) is 0 Å². The summed E-state index contributed by atoms with van der Waals surface area (Å²) >= 11 is 0. The summed E-state index contributed by atoms with van der Waals surface area (Å²) in [7, 11) is -1.87. The van der Waals surface area contributed by atoms with Crippen molar-refractivity contribution < 1.29 is 17.6 Å². The first-order valence-electron chi connectivity index (χ1n) is 7.43. The molecule has 0 heterocycles. The number of carbonyl (C=O) groups excluding carboxylic acids is 1. The number of hydrogen-bond donors (Lipinski definition) is 1. The molecule has 0 aliphatic carbocycles. The summed E-state index contributed by atoms with van der Waals surface area (Å²) in [5.41, 5.74) is 1.55. The molecule has 0 radical (unpaired) electrons. The lowest BCUT2D eigenvalue weighted by Gasteiger charge is -2.18. The van der Waals surface area contributed by atoms with Crippen molar-refractivity contribution in [1.29, 1.82) is 0 Å². The Morgan fingerprint density at radius 3 is 2.42 bits per heavy atom. The number of benzene rings is 2. The molecule has 0 saturated carbocycles. The molecule has 0 unspecified atom stereocenters. The third kappa shape index (κ3) is 4.32. The predicted molar refractivity (Wildman–Crippen MR) is 91.9 cm³/mol. The van der Waals surface area contributed by atoms with E-state index in [1.807, 2.05) is 0 Å². The minimum Gasteiger partial charge on any atom is -0.348 e. The van der Waals surface area contributed by atoms with E-state index >= 15 is 0 Å². The van der Waals surface area contributed by atoms with Crippen LogP contribution in [-0.2, 0) is 16.6 Å². The summed E-state index contributed by atoms with van der Waals surface area (Å²) in [6, 6.07) is 12.2. The Kier molecular flexibility index (Phi) is 5.56. The predicted octanol–water partition coefficient (Wildman–Crippen LogP) is 2.54. The molecule has 5 nitrogen and oxygen atoms in total. The molecule has 0 fully saturated rings. The van der Waals surface area contributed by atoms with Gasteiger partial charge in [0, 0.05) is 19.2 Å². The second-order valence-electron chi connectivity index (χ2n) is 5.23. The van der Waals surface area contributed by atoms with Crippen LogP contribution in [0.2, 0.25) is 0 Å². The van der Waals surface area contributed by atoms with Gasteiger partial charge in [-0.05, 0) is 48.9 Å².